The molecule has 2 amide bonds. The maximum Gasteiger partial charge on any atom is 0.291 e. The summed E-state index contributed by atoms with van der Waals surface area (Å²) >= 11 is 0. The van der Waals surface area contributed by atoms with Crippen LogP contribution in [-0.2, 0) is 6.54 Å². The lowest BCUT2D eigenvalue weighted by molar-refractivity contribution is 0.0748. The molecule has 31 heavy (non-hydrogen) atoms. The number of amides is 2. The zero-order valence-electron chi connectivity index (χ0n) is 16.8. The molecule has 2 heterocycles. The maximum atomic E-state index is 13.0. The molecule has 2 aromatic carbocycles. The molecule has 0 unspecified atom stereocenters. The largest absolute Gasteiger partial charge is 0.459 e. The van der Waals surface area contributed by atoms with E-state index in [-0.39, 0.29) is 29.7 Å². The Labute approximate surface area is 177 Å². The summed E-state index contributed by atoms with van der Waals surface area (Å²) in [5, 5.41) is 3.22. The first-order valence-corrected chi connectivity index (χ1v) is 9.77. The second-order valence-corrected chi connectivity index (χ2v) is 6.86. The van der Waals surface area contributed by atoms with Gasteiger partial charge >= 0.3 is 0 Å². The molecular weight excluding hydrogens is 396 g/mol. The molecule has 4 rings (SSSR count). The van der Waals surface area contributed by atoms with Crippen LogP contribution in [0.1, 0.15) is 33.7 Å². The van der Waals surface area contributed by atoms with Crippen LogP contribution in [0, 0.1) is 0 Å². The molecule has 0 spiro atoms. The van der Waals surface area contributed by atoms with Crippen LogP contribution in [0.2, 0.25) is 0 Å². The van der Waals surface area contributed by atoms with Crippen molar-refractivity contribution in [3.05, 3.63) is 94.4 Å². The summed E-state index contributed by atoms with van der Waals surface area (Å²) in [6.45, 7) is 2.47. The van der Waals surface area contributed by atoms with Gasteiger partial charge in [-0.25, -0.2) is 4.98 Å². The van der Waals surface area contributed by atoms with Crippen LogP contribution in [0.3, 0.4) is 0 Å². The van der Waals surface area contributed by atoms with E-state index in [4.69, 9.17) is 4.42 Å². The molecule has 0 aliphatic carbocycles. The van der Waals surface area contributed by atoms with Crippen LogP contribution < -0.4 is 10.9 Å². The van der Waals surface area contributed by atoms with Gasteiger partial charge in [-0.3, -0.25) is 14.4 Å². The molecule has 0 saturated carbocycles. The lowest BCUT2D eigenvalue weighted by Crippen LogP contribution is -2.32. The topological polar surface area (TPSA) is 108 Å². The molecule has 4 aromatic rings. The Morgan fingerprint density at radius 1 is 1.06 bits per heavy atom. The number of fused-ring (bicyclic) bond motifs is 1. The standard InChI is InChI=1S/C23H20N4O4/c1-2-27(14-20-25-18-7-4-3-6-17(18)21(28)26-20)23(30)15-9-11-16(12-10-15)24-22(29)19-8-5-13-31-19/h3-13H,2,14H2,1H3,(H,24,29)(H,25,26,28). The van der Waals surface area contributed by atoms with E-state index in [9.17, 15) is 14.4 Å². The van der Waals surface area contributed by atoms with E-state index in [0.29, 0.717) is 34.5 Å². The first-order valence-electron chi connectivity index (χ1n) is 9.77. The predicted molar refractivity (Wildman–Crippen MR) is 116 cm³/mol. The minimum atomic E-state index is -0.370. The van der Waals surface area contributed by atoms with Gasteiger partial charge in [0.05, 0.1) is 23.7 Å². The minimum absolute atomic E-state index is 0.173. The van der Waals surface area contributed by atoms with Crippen LogP contribution in [0.5, 0.6) is 0 Å². The maximum absolute atomic E-state index is 13.0. The van der Waals surface area contributed by atoms with Gasteiger partial charge in [-0.2, -0.15) is 0 Å². The Morgan fingerprint density at radius 3 is 2.55 bits per heavy atom. The molecule has 0 aliphatic heterocycles. The smallest absolute Gasteiger partial charge is 0.291 e. The molecule has 0 atom stereocenters. The fourth-order valence-electron chi connectivity index (χ4n) is 3.20. The van der Waals surface area contributed by atoms with Gasteiger partial charge in [0.25, 0.3) is 17.4 Å². The van der Waals surface area contributed by atoms with Gasteiger partial charge in [-0.05, 0) is 55.5 Å². The highest BCUT2D eigenvalue weighted by molar-refractivity contribution is 6.02. The van der Waals surface area contributed by atoms with Gasteiger partial charge in [0, 0.05) is 17.8 Å². The van der Waals surface area contributed by atoms with Crippen molar-refractivity contribution in [3.8, 4) is 0 Å². The highest BCUT2D eigenvalue weighted by Crippen LogP contribution is 2.15. The van der Waals surface area contributed by atoms with Crippen LogP contribution in [-0.4, -0.2) is 33.2 Å². The van der Waals surface area contributed by atoms with E-state index < -0.39 is 0 Å². The number of aromatic nitrogens is 2. The van der Waals surface area contributed by atoms with Crippen LogP contribution >= 0.6 is 0 Å². The zero-order chi connectivity index (χ0) is 21.8. The van der Waals surface area contributed by atoms with Crippen molar-refractivity contribution in [2.24, 2.45) is 0 Å². The van der Waals surface area contributed by atoms with E-state index in [1.54, 1.807) is 59.5 Å². The number of nitrogens with zero attached hydrogens (tertiary/aromatic N) is 2. The quantitative estimate of drug-likeness (QED) is 0.501. The molecule has 8 nitrogen and oxygen atoms in total. The summed E-state index contributed by atoms with van der Waals surface area (Å²) in [5.74, 6) is 0.0447. The first kappa shape index (κ1) is 20.1. The molecule has 0 bridgehead atoms. The lowest BCUT2D eigenvalue weighted by Gasteiger charge is -2.20. The number of hydrogen-bond acceptors (Lipinski definition) is 5. The number of carbonyl (C=O) groups is 2. The lowest BCUT2D eigenvalue weighted by atomic mass is 10.1. The Balaban J connectivity index is 1.48. The molecular formula is C23H20N4O4. The van der Waals surface area contributed by atoms with E-state index in [1.165, 1.54) is 6.26 Å². The van der Waals surface area contributed by atoms with Crippen LogP contribution in [0.15, 0.2) is 76.1 Å². The SMILES string of the molecule is CCN(Cc1nc2ccccc2c(=O)[nH]1)C(=O)c1ccc(NC(=O)c2ccco2)cc1. The molecule has 0 radical (unpaired) electrons. The van der Waals surface area contributed by atoms with Crippen LogP contribution in [0.4, 0.5) is 5.69 Å². The Hall–Kier alpha value is -4.20. The number of aromatic amines is 1. The van der Waals surface area contributed by atoms with Crippen molar-refractivity contribution >= 4 is 28.4 Å². The third-order valence-electron chi connectivity index (χ3n) is 4.81. The van der Waals surface area contributed by atoms with Gasteiger partial charge in [-0.1, -0.05) is 12.1 Å². The van der Waals surface area contributed by atoms with Crippen molar-refractivity contribution in [1.29, 1.82) is 0 Å². The van der Waals surface area contributed by atoms with Crippen molar-refractivity contribution in [3.63, 3.8) is 0 Å². The second kappa shape index (κ2) is 8.66. The average molecular weight is 416 g/mol. The molecule has 156 valence electrons. The van der Waals surface area contributed by atoms with E-state index in [2.05, 4.69) is 15.3 Å². The number of furan rings is 1. The Morgan fingerprint density at radius 2 is 1.84 bits per heavy atom. The van der Waals surface area contributed by atoms with Gasteiger partial charge in [-0.15, -0.1) is 0 Å². The third kappa shape index (κ3) is 4.37. The summed E-state index contributed by atoms with van der Waals surface area (Å²) in [7, 11) is 0. The van der Waals surface area contributed by atoms with Gasteiger partial charge < -0.3 is 19.6 Å². The average Bonchev–Trinajstić information content (AvgIpc) is 3.33. The Kier molecular flexibility index (Phi) is 5.61. The molecule has 2 N–H and O–H groups in total. The number of rotatable bonds is 6. The minimum Gasteiger partial charge on any atom is -0.459 e. The predicted octanol–water partition coefficient (Wildman–Crippen LogP) is 3.43. The summed E-state index contributed by atoms with van der Waals surface area (Å²) < 4.78 is 5.06. The molecule has 2 aromatic heterocycles. The van der Waals surface area contributed by atoms with Crippen molar-refractivity contribution in [1.82, 2.24) is 14.9 Å². The number of carbonyl (C=O) groups excluding carboxylic acids is 2. The first-order chi connectivity index (χ1) is 15.0. The summed E-state index contributed by atoms with van der Waals surface area (Å²) in [4.78, 5) is 46.1. The highest BCUT2D eigenvalue weighted by atomic mass is 16.3. The number of para-hydroxylation sites is 1. The van der Waals surface area contributed by atoms with Crippen molar-refractivity contribution < 1.29 is 14.0 Å². The van der Waals surface area contributed by atoms with E-state index in [0.717, 1.165) is 0 Å². The Bertz CT molecular complexity index is 1280. The molecule has 0 aliphatic rings. The van der Waals surface area contributed by atoms with Gasteiger partial charge in [0.2, 0.25) is 0 Å². The molecule has 8 heteroatoms. The van der Waals surface area contributed by atoms with Gasteiger partial charge in [0.1, 0.15) is 5.82 Å². The normalized spacial score (nSPS) is 10.7. The number of benzene rings is 2. The summed E-state index contributed by atoms with van der Waals surface area (Å²) in [6.07, 6.45) is 1.42. The van der Waals surface area contributed by atoms with Crippen molar-refractivity contribution in [2.45, 2.75) is 13.5 Å². The summed E-state index contributed by atoms with van der Waals surface area (Å²) in [6, 6.07) is 16.8. The number of hydrogen-bond donors (Lipinski definition) is 2. The van der Waals surface area contributed by atoms with Gasteiger partial charge in [0.15, 0.2) is 5.76 Å². The second-order valence-electron chi connectivity index (χ2n) is 6.86. The monoisotopic (exact) mass is 416 g/mol. The van der Waals surface area contributed by atoms with Crippen molar-refractivity contribution in [2.75, 3.05) is 11.9 Å². The number of anilines is 1. The van der Waals surface area contributed by atoms with Crippen LogP contribution in [0.25, 0.3) is 10.9 Å². The fraction of sp³-hybridized carbons (Fsp3) is 0.130. The van der Waals surface area contributed by atoms with E-state index >= 15 is 0 Å². The molecule has 0 fully saturated rings. The molecule has 0 saturated heterocycles. The fourth-order valence-corrected chi connectivity index (χ4v) is 3.20. The number of nitrogens with one attached hydrogen (secondary N) is 2. The van der Waals surface area contributed by atoms with E-state index in [1.807, 2.05) is 13.0 Å². The number of H-pyrrole nitrogens is 1. The summed E-state index contributed by atoms with van der Waals surface area (Å²) in [5.41, 5.74) is 1.35. The third-order valence-corrected chi connectivity index (χ3v) is 4.81. The zero-order valence-corrected chi connectivity index (χ0v) is 16.8. The highest BCUT2D eigenvalue weighted by Gasteiger charge is 2.17.